The Morgan fingerprint density at radius 1 is 1.14 bits per heavy atom. The summed E-state index contributed by atoms with van der Waals surface area (Å²) in [6.45, 7) is 6.33. The molecule has 4 heteroatoms. The molecule has 2 saturated heterocycles. The first-order valence-electron chi connectivity index (χ1n) is 11.3. The second-order valence-electron chi connectivity index (χ2n) is 9.38. The van der Waals surface area contributed by atoms with Crippen molar-refractivity contribution in [3.05, 3.63) is 57.8 Å². The van der Waals surface area contributed by atoms with Crippen LogP contribution in [-0.2, 0) is 11.3 Å². The number of piperidine rings is 1. The van der Waals surface area contributed by atoms with Gasteiger partial charge in [0.05, 0.1) is 0 Å². The maximum atomic E-state index is 13.3. The van der Waals surface area contributed by atoms with Gasteiger partial charge in [0.2, 0.25) is 5.91 Å². The lowest BCUT2D eigenvalue weighted by molar-refractivity contribution is -0.137. The van der Waals surface area contributed by atoms with Crippen molar-refractivity contribution in [1.82, 2.24) is 9.80 Å². The molecule has 0 unspecified atom stereocenters. The molecule has 0 bridgehead atoms. The van der Waals surface area contributed by atoms with Gasteiger partial charge in [-0.15, -0.1) is 0 Å². The quantitative estimate of drug-likeness (QED) is 0.706. The van der Waals surface area contributed by atoms with E-state index in [9.17, 15) is 4.79 Å². The van der Waals surface area contributed by atoms with Crippen LogP contribution < -0.4 is 0 Å². The Kier molecular flexibility index (Phi) is 5.49. The number of rotatable bonds is 4. The fourth-order valence-corrected chi connectivity index (χ4v) is 6.74. The molecule has 0 N–H and O–H groups in total. The third-order valence-corrected chi connectivity index (χ3v) is 8.16. The van der Waals surface area contributed by atoms with Gasteiger partial charge in [-0.05, 0) is 54.1 Å². The Morgan fingerprint density at radius 3 is 2.76 bits per heavy atom. The summed E-state index contributed by atoms with van der Waals surface area (Å²) in [7, 11) is 0. The lowest BCUT2D eigenvalue weighted by Gasteiger charge is -2.39. The minimum atomic E-state index is 0.294. The van der Waals surface area contributed by atoms with Crippen LogP contribution in [0.25, 0.3) is 0 Å². The zero-order valence-corrected chi connectivity index (χ0v) is 18.2. The molecular formula is C25H32N2OS. The molecule has 1 aromatic heterocycles. The van der Waals surface area contributed by atoms with E-state index in [1.807, 2.05) is 0 Å². The van der Waals surface area contributed by atoms with Crippen molar-refractivity contribution < 1.29 is 4.79 Å². The van der Waals surface area contributed by atoms with E-state index in [2.05, 4.69) is 57.8 Å². The normalized spacial score (nSPS) is 28.0. The molecule has 3 heterocycles. The Hall–Kier alpha value is -1.65. The first kappa shape index (κ1) is 19.3. The Bertz CT molecular complexity index is 842. The van der Waals surface area contributed by atoms with Crippen LogP contribution in [0.1, 0.15) is 54.7 Å². The summed E-state index contributed by atoms with van der Waals surface area (Å²) in [5.74, 6) is 1.81. The van der Waals surface area contributed by atoms with E-state index in [1.54, 1.807) is 11.3 Å². The topological polar surface area (TPSA) is 23.6 Å². The van der Waals surface area contributed by atoms with Gasteiger partial charge >= 0.3 is 0 Å². The Labute approximate surface area is 178 Å². The van der Waals surface area contributed by atoms with Crippen molar-refractivity contribution in [1.29, 1.82) is 0 Å². The Morgan fingerprint density at radius 2 is 2.00 bits per heavy atom. The van der Waals surface area contributed by atoms with Gasteiger partial charge < -0.3 is 4.90 Å². The second kappa shape index (κ2) is 8.23. The molecule has 1 amide bonds. The van der Waals surface area contributed by atoms with Crippen LogP contribution in [0.15, 0.2) is 41.1 Å². The minimum Gasteiger partial charge on any atom is -0.338 e. The van der Waals surface area contributed by atoms with Crippen LogP contribution in [0.5, 0.6) is 0 Å². The number of benzene rings is 1. The van der Waals surface area contributed by atoms with Gasteiger partial charge in [0.1, 0.15) is 0 Å². The summed E-state index contributed by atoms with van der Waals surface area (Å²) in [4.78, 5) is 18.3. The summed E-state index contributed by atoms with van der Waals surface area (Å²) in [6.07, 6.45) is 5.80. The predicted octanol–water partition coefficient (Wildman–Crippen LogP) is 5.06. The predicted molar refractivity (Wildman–Crippen MR) is 119 cm³/mol. The van der Waals surface area contributed by atoms with E-state index in [0.29, 0.717) is 29.7 Å². The molecule has 29 heavy (non-hydrogen) atoms. The molecule has 5 rings (SSSR count). The number of aryl methyl sites for hydroxylation is 1. The number of thiophene rings is 1. The van der Waals surface area contributed by atoms with Crippen molar-refractivity contribution >= 4 is 17.2 Å². The average Bonchev–Trinajstić information content (AvgIpc) is 3.47. The van der Waals surface area contributed by atoms with Gasteiger partial charge in [-0.1, -0.05) is 42.7 Å². The maximum absolute atomic E-state index is 13.3. The van der Waals surface area contributed by atoms with Gasteiger partial charge in [0.25, 0.3) is 0 Å². The highest BCUT2D eigenvalue weighted by atomic mass is 32.1. The lowest BCUT2D eigenvalue weighted by atomic mass is 9.82. The van der Waals surface area contributed by atoms with Crippen molar-refractivity contribution in [2.45, 2.75) is 57.5 Å². The molecule has 3 nitrogen and oxygen atoms in total. The second-order valence-corrected chi connectivity index (χ2v) is 10.2. The highest BCUT2D eigenvalue weighted by molar-refractivity contribution is 7.08. The number of fused-ring (bicyclic) bond motifs is 1. The van der Waals surface area contributed by atoms with Gasteiger partial charge in [-0.3, -0.25) is 9.69 Å². The first-order valence-corrected chi connectivity index (χ1v) is 12.2. The molecule has 2 aliphatic heterocycles. The average molecular weight is 409 g/mol. The summed E-state index contributed by atoms with van der Waals surface area (Å²) in [5, 5.41) is 4.50. The van der Waals surface area contributed by atoms with Crippen LogP contribution in [0.4, 0.5) is 0 Å². The number of hydrogen-bond acceptors (Lipinski definition) is 3. The molecule has 1 saturated carbocycles. The zero-order valence-electron chi connectivity index (χ0n) is 17.4. The number of carbonyl (C=O) groups is 1. The molecule has 1 aromatic carbocycles. The summed E-state index contributed by atoms with van der Waals surface area (Å²) in [5.41, 5.74) is 4.19. The van der Waals surface area contributed by atoms with Gasteiger partial charge in [0.15, 0.2) is 0 Å². The van der Waals surface area contributed by atoms with E-state index < -0.39 is 0 Å². The monoisotopic (exact) mass is 408 g/mol. The summed E-state index contributed by atoms with van der Waals surface area (Å²) >= 11 is 1.79. The maximum Gasteiger partial charge on any atom is 0.225 e. The van der Waals surface area contributed by atoms with Crippen molar-refractivity contribution in [3.8, 4) is 0 Å². The smallest absolute Gasteiger partial charge is 0.225 e. The number of nitrogens with zero attached hydrogens (tertiary/aromatic N) is 2. The molecule has 3 aliphatic rings. The SMILES string of the molecule is Cc1cccc(CN2CC[C@H]3[C@@H](C2)[C@H](c2ccsc2)CN3C(=O)C2CCCC2)c1. The third kappa shape index (κ3) is 3.89. The lowest BCUT2D eigenvalue weighted by Crippen LogP contribution is -2.48. The molecule has 0 spiro atoms. The summed E-state index contributed by atoms with van der Waals surface area (Å²) < 4.78 is 0. The fraction of sp³-hybridized carbons (Fsp3) is 0.560. The van der Waals surface area contributed by atoms with E-state index in [0.717, 1.165) is 45.4 Å². The van der Waals surface area contributed by atoms with Crippen molar-refractivity contribution in [2.75, 3.05) is 19.6 Å². The van der Waals surface area contributed by atoms with Gasteiger partial charge in [0, 0.05) is 50.0 Å². The fourth-order valence-electron chi connectivity index (χ4n) is 6.02. The third-order valence-electron chi connectivity index (χ3n) is 7.46. The highest BCUT2D eigenvalue weighted by Crippen LogP contribution is 2.43. The number of likely N-dealkylation sites (tertiary alicyclic amines) is 2. The van der Waals surface area contributed by atoms with Crippen LogP contribution in [-0.4, -0.2) is 41.4 Å². The van der Waals surface area contributed by atoms with E-state index in [4.69, 9.17) is 0 Å². The molecule has 2 aromatic rings. The molecule has 1 aliphatic carbocycles. The van der Waals surface area contributed by atoms with E-state index in [1.165, 1.54) is 29.5 Å². The zero-order chi connectivity index (χ0) is 19.8. The van der Waals surface area contributed by atoms with Crippen molar-refractivity contribution in [3.63, 3.8) is 0 Å². The van der Waals surface area contributed by atoms with Crippen LogP contribution in [0.3, 0.4) is 0 Å². The largest absolute Gasteiger partial charge is 0.338 e. The van der Waals surface area contributed by atoms with E-state index >= 15 is 0 Å². The highest BCUT2D eigenvalue weighted by Gasteiger charge is 2.48. The molecular weight excluding hydrogens is 376 g/mol. The van der Waals surface area contributed by atoms with Crippen LogP contribution in [0.2, 0.25) is 0 Å². The molecule has 3 fully saturated rings. The summed E-state index contributed by atoms with van der Waals surface area (Å²) in [6, 6.07) is 11.6. The number of amides is 1. The number of carbonyl (C=O) groups excluding carboxylic acids is 1. The molecule has 0 radical (unpaired) electrons. The Balaban J connectivity index is 1.35. The van der Waals surface area contributed by atoms with Gasteiger partial charge in [-0.2, -0.15) is 11.3 Å². The standard InChI is InChI=1S/C25H32N2OS/c1-18-5-4-6-19(13-18)14-26-11-9-24-23(15-26)22(21-10-12-29-17-21)16-27(24)25(28)20-7-2-3-8-20/h4-6,10,12-13,17,20,22-24H,2-3,7-9,11,14-16H2,1H3/t22-,23-,24-/m0/s1. The number of hydrogen-bond donors (Lipinski definition) is 0. The van der Waals surface area contributed by atoms with Crippen LogP contribution in [0, 0.1) is 18.8 Å². The molecule has 154 valence electrons. The molecule has 3 atom stereocenters. The van der Waals surface area contributed by atoms with Gasteiger partial charge in [-0.25, -0.2) is 0 Å². The minimum absolute atomic E-state index is 0.294. The van der Waals surface area contributed by atoms with E-state index in [-0.39, 0.29) is 0 Å². The first-order chi connectivity index (χ1) is 14.2. The van der Waals surface area contributed by atoms with Crippen LogP contribution >= 0.6 is 11.3 Å². The van der Waals surface area contributed by atoms with Crippen molar-refractivity contribution in [2.24, 2.45) is 11.8 Å².